The molecule has 0 saturated heterocycles. The van der Waals surface area contributed by atoms with Gasteiger partial charge in [-0.1, -0.05) is 30.0 Å². The zero-order valence-corrected chi connectivity index (χ0v) is 17.5. The summed E-state index contributed by atoms with van der Waals surface area (Å²) < 4.78 is 25.9. The van der Waals surface area contributed by atoms with Crippen molar-refractivity contribution in [2.45, 2.75) is 5.16 Å². The van der Waals surface area contributed by atoms with Gasteiger partial charge in [0.1, 0.15) is 5.82 Å². The number of anilines is 1. The first-order valence-corrected chi connectivity index (χ1v) is 10.7. The highest BCUT2D eigenvalue weighted by Gasteiger charge is 2.20. The zero-order valence-electron chi connectivity index (χ0n) is 16.7. The van der Waals surface area contributed by atoms with Gasteiger partial charge in [0.2, 0.25) is 12.7 Å². The first-order chi connectivity index (χ1) is 15.7. The van der Waals surface area contributed by atoms with E-state index >= 15 is 0 Å². The highest BCUT2D eigenvalue weighted by molar-refractivity contribution is 7.99. The van der Waals surface area contributed by atoms with Crippen molar-refractivity contribution in [2.24, 2.45) is 0 Å². The monoisotopic (exact) mass is 448 g/mol. The summed E-state index contributed by atoms with van der Waals surface area (Å²) >= 11 is 1.26. The van der Waals surface area contributed by atoms with Gasteiger partial charge in [-0.25, -0.2) is 4.39 Å². The predicted octanol–water partition coefficient (Wildman–Crippen LogP) is 4.53. The van der Waals surface area contributed by atoms with Crippen molar-refractivity contribution in [3.8, 4) is 28.6 Å². The van der Waals surface area contributed by atoms with Crippen LogP contribution in [-0.2, 0) is 4.79 Å². The number of carbonyl (C=O) groups is 1. The first kappa shape index (κ1) is 20.1. The third-order valence-corrected chi connectivity index (χ3v) is 5.67. The van der Waals surface area contributed by atoms with E-state index < -0.39 is 0 Å². The summed E-state index contributed by atoms with van der Waals surface area (Å²) in [6.45, 7) is 0.189. The average Bonchev–Trinajstić information content (AvgIpc) is 3.46. The van der Waals surface area contributed by atoms with Gasteiger partial charge in [0.25, 0.3) is 0 Å². The molecule has 2 heterocycles. The number of aromatic nitrogens is 3. The largest absolute Gasteiger partial charge is 0.454 e. The highest BCUT2D eigenvalue weighted by Crippen LogP contribution is 2.37. The molecule has 1 amide bonds. The molecule has 0 aliphatic carbocycles. The second kappa shape index (κ2) is 8.72. The molecule has 7 nitrogen and oxygen atoms in total. The van der Waals surface area contributed by atoms with Gasteiger partial charge >= 0.3 is 0 Å². The average molecular weight is 448 g/mol. The first-order valence-electron chi connectivity index (χ1n) is 9.76. The molecule has 9 heteroatoms. The lowest BCUT2D eigenvalue weighted by Gasteiger charge is -2.11. The second-order valence-corrected chi connectivity index (χ2v) is 7.83. The van der Waals surface area contributed by atoms with E-state index in [0.29, 0.717) is 28.2 Å². The minimum absolute atomic E-state index is 0.115. The van der Waals surface area contributed by atoms with Crippen LogP contribution in [0.15, 0.2) is 78.0 Å². The Kier molecular flexibility index (Phi) is 5.47. The second-order valence-electron chi connectivity index (χ2n) is 6.89. The van der Waals surface area contributed by atoms with Crippen LogP contribution >= 0.6 is 11.8 Å². The van der Waals surface area contributed by atoms with Crippen molar-refractivity contribution in [1.29, 1.82) is 0 Å². The molecule has 4 aromatic rings. The van der Waals surface area contributed by atoms with Crippen LogP contribution in [0.5, 0.6) is 11.5 Å². The van der Waals surface area contributed by atoms with E-state index in [1.165, 1.54) is 36.0 Å². The summed E-state index contributed by atoms with van der Waals surface area (Å²) in [6.07, 6.45) is 0. The molecular formula is C23H17FN4O3S. The van der Waals surface area contributed by atoms with Crippen molar-refractivity contribution in [3.05, 3.63) is 78.6 Å². The highest BCUT2D eigenvalue weighted by atomic mass is 32.2. The lowest BCUT2D eigenvalue weighted by atomic mass is 10.2. The number of hydrogen-bond acceptors (Lipinski definition) is 6. The maximum atomic E-state index is 13.1. The summed E-state index contributed by atoms with van der Waals surface area (Å²) in [5.41, 5.74) is 2.21. The molecule has 32 heavy (non-hydrogen) atoms. The molecule has 0 radical (unpaired) electrons. The van der Waals surface area contributed by atoms with Gasteiger partial charge in [-0.05, 0) is 54.6 Å². The Labute approximate surface area is 187 Å². The molecule has 0 fully saturated rings. The Hall–Kier alpha value is -3.85. The summed E-state index contributed by atoms with van der Waals surface area (Å²) in [4.78, 5) is 12.4. The molecule has 3 aromatic carbocycles. The topological polar surface area (TPSA) is 78.3 Å². The van der Waals surface area contributed by atoms with Gasteiger partial charge < -0.3 is 14.8 Å². The Morgan fingerprint density at radius 1 is 1.00 bits per heavy atom. The number of halogens is 1. The Bertz CT molecular complexity index is 1260. The number of carbonyl (C=O) groups excluding carboxylic acids is 1. The minimum atomic E-state index is -0.357. The van der Waals surface area contributed by atoms with Gasteiger partial charge in [0.05, 0.1) is 5.75 Å². The van der Waals surface area contributed by atoms with Crippen molar-refractivity contribution in [2.75, 3.05) is 17.9 Å². The fourth-order valence-electron chi connectivity index (χ4n) is 3.26. The maximum absolute atomic E-state index is 13.1. The standard InChI is InChI=1S/C23H17FN4O3S/c24-16-7-9-17(10-8-16)25-21(29)13-32-23-27-26-22(28(23)18-4-2-1-3-5-18)15-6-11-19-20(12-15)31-14-30-19/h1-12H,13-14H2,(H,25,29). The van der Waals surface area contributed by atoms with E-state index in [4.69, 9.17) is 9.47 Å². The van der Waals surface area contributed by atoms with Crippen molar-refractivity contribution in [3.63, 3.8) is 0 Å². The van der Waals surface area contributed by atoms with Crippen LogP contribution in [0, 0.1) is 5.82 Å². The summed E-state index contributed by atoms with van der Waals surface area (Å²) in [6, 6.07) is 20.9. The summed E-state index contributed by atoms with van der Waals surface area (Å²) in [5, 5.41) is 12.0. The number of ether oxygens (including phenoxy) is 2. The molecule has 0 bridgehead atoms. The van der Waals surface area contributed by atoms with Crippen LogP contribution in [0.1, 0.15) is 0 Å². The summed E-state index contributed by atoms with van der Waals surface area (Å²) in [5.74, 6) is 1.49. The molecule has 0 unspecified atom stereocenters. The number of nitrogens with zero attached hydrogens (tertiary/aromatic N) is 3. The maximum Gasteiger partial charge on any atom is 0.234 e. The van der Waals surface area contributed by atoms with Gasteiger partial charge in [-0.15, -0.1) is 10.2 Å². The SMILES string of the molecule is O=C(CSc1nnc(-c2ccc3c(c2)OCO3)n1-c1ccccc1)Nc1ccc(F)cc1. The van der Waals surface area contributed by atoms with Gasteiger partial charge in [0.15, 0.2) is 22.5 Å². The molecule has 5 rings (SSSR count). The zero-order chi connectivity index (χ0) is 21.9. The smallest absolute Gasteiger partial charge is 0.234 e. The van der Waals surface area contributed by atoms with Crippen LogP contribution in [0.2, 0.25) is 0 Å². The van der Waals surface area contributed by atoms with Crippen molar-refractivity contribution in [1.82, 2.24) is 14.8 Å². The molecule has 0 saturated carbocycles. The van der Waals surface area contributed by atoms with Gasteiger partial charge in [-0.2, -0.15) is 0 Å². The molecule has 1 aromatic heterocycles. The number of amides is 1. The van der Waals surface area contributed by atoms with Crippen LogP contribution in [0.4, 0.5) is 10.1 Å². The molecule has 160 valence electrons. The van der Waals surface area contributed by atoms with Crippen LogP contribution in [0.3, 0.4) is 0 Å². The van der Waals surface area contributed by atoms with Crippen LogP contribution < -0.4 is 14.8 Å². The third kappa shape index (κ3) is 4.15. The predicted molar refractivity (Wildman–Crippen MR) is 119 cm³/mol. The third-order valence-electron chi connectivity index (χ3n) is 4.74. The number of thioether (sulfide) groups is 1. The lowest BCUT2D eigenvalue weighted by Crippen LogP contribution is -2.14. The lowest BCUT2D eigenvalue weighted by molar-refractivity contribution is -0.113. The van der Waals surface area contributed by atoms with Gasteiger partial charge in [-0.3, -0.25) is 9.36 Å². The van der Waals surface area contributed by atoms with Gasteiger partial charge in [0, 0.05) is 16.9 Å². The molecule has 1 aliphatic heterocycles. The number of rotatable bonds is 6. The minimum Gasteiger partial charge on any atom is -0.454 e. The number of hydrogen-bond donors (Lipinski definition) is 1. The number of fused-ring (bicyclic) bond motifs is 1. The van der Waals surface area contributed by atoms with E-state index in [-0.39, 0.29) is 24.3 Å². The quantitative estimate of drug-likeness (QED) is 0.437. The molecule has 0 atom stereocenters. The molecule has 1 N–H and O–H groups in total. The fourth-order valence-corrected chi connectivity index (χ4v) is 4.01. The van der Waals surface area contributed by atoms with Crippen LogP contribution in [-0.4, -0.2) is 33.2 Å². The van der Waals surface area contributed by atoms with E-state index in [0.717, 1.165) is 11.3 Å². The van der Waals surface area contributed by atoms with E-state index in [1.807, 2.05) is 53.1 Å². The fraction of sp³-hybridized carbons (Fsp3) is 0.0870. The number of nitrogens with one attached hydrogen (secondary N) is 1. The molecule has 0 spiro atoms. The molecular weight excluding hydrogens is 431 g/mol. The number of benzene rings is 3. The number of para-hydroxylation sites is 1. The van der Waals surface area contributed by atoms with E-state index in [1.54, 1.807) is 0 Å². The Morgan fingerprint density at radius 2 is 1.78 bits per heavy atom. The summed E-state index contributed by atoms with van der Waals surface area (Å²) in [7, 11) is 0. The van der Waals surface area contributed by atoms with Crippen LogP contribution in [0.25, 0.3) is 17.1 Å². The van der Waals surface area contributed by atoms with Crippen molar-refractivity contribution >= 4 is 23.4 Å². The van der Waals surface area contributed by atoms with Crippen molar-refractivity contribution < 1.29 is 18.7 Å². The molecule has 1 aliphatic rings. The normalized spacial score (nSPS) is 12.0. The Morgan fingerprint density at radius 3 is 2.59 bits per heavy atom. The van der Waals surface area contributed by atoms with E-state index in [9.17, 15) is 9.18 Å². The van der Waals surface area contributed by atoms with E-state index in [2.05, 4.69) is 15.5 Å². The Balaban J connectivity index is 1.41.